The smallest absolute Gasteiger partial charge is 0.336 e. The summed E-state index contributed by atoms with van der Waals surface area (Å²) in [4.78, 5) is 38.1. The van der Waals surface area contributed by atoms with Crippen molar-refractivity contribution in [1.82, 2.24) is 4.90 Å². The molecule has 1 N–H and O–H groups in total. The molecule has 1 aromatic carbocycles. The lowest BCUT2D eigenvalue weighted by Crippen LogP contribution is -2.26. The highest BCUT2D eigenvalue weighted by atomic mass is 16.5. The van der Waals surface area contributed by atoms with Crippen molar-refractivity contribution in [3.63, 3.8) is 0 Å². The second-order valence-corrected chi connectivity index (χ2v) is 7.04. The number of nitrogens with zero attached hydrogens (tertiary/aromatic N) is 1. The molecule has 0 unspecified atom stereocenters. The van der Waals surface area contributed by atoms with Gasteiger partial charge in [0.25, 0.3) is 0 Å². The Balaban J connectivity index is 1.46. The molecule has 1 atom stereocenters. The number of ether oxygens (including phenoxy) is 1. The molecule has 1 aliphatic rings. The van der Waals surface area contributed by atoms with Crippen LogP contribution in [-0.4, -0.2) is 28.4 Å². The molecule has 1 amide bonds. The van der Waals surface area contributed by atoms with E-state index in [4.69, 9.17) is 13.6 Å². The average molecular weight is 397 g/mol. The molecular weight excluding hydrogens is 378 g/mol. The van der Waals surface area contributed by atoms with Crippen molar-refractivity contribution < 1.29 is 28.3 Å². The van der Waals surface area contributed by atoms with Gasteiger partial charge in [0.2, 0.25) is 5.91 Å². The number of phenolic OH excluding ortho intramolecular Hbond substituents is 1. The number of rotatable bonds is 5. The van der Waals surface area contributed by atoms with E-state index in [1.807, 2.05) is 0 Å². The number of carbonyl (C=O) groups is 2. The molecule has 2 aromatic heterocycles. The second-order valence-electron chi connectivity index (χ2n) is 7.04. The number of aryl methyl sites for hydroxylation is 1. The lowest BCUT2D eigenvalue weighted by atomic mass is 10.1. The molecule has 150 valence electrons. The number of carbonyl (C=O) groups excluding carboxylic acids is 2. The Labute approximate surface area is 165 Å². The summed E-state index contributed by atoms with van der Waals surface area (Å²) in [7, 11) is 0. The van der Waals surface area contributed by atoms with Gasteiger partial charge < -0.3 is 23.6 Å². The minimum atomic E-state index is -0.599. The Hall–Kier alpha value is -3.55. The summed E-state index contributed by atoms with van der Waals surface area (Å²) in [5.74, 6) is -0.559. The van der Waals surface area contributed by atoms with Gasteiger partial charge in [-0.25, -0.2) is 4.79 Å². The van der Waals surface area contributed by atoms with Crippen LogP contribution in [0, 0.1) is 12.8 Å². The zero-order chi connectivity index (χ0) is 20.5. The molecule has 3 heterocycles. The number of likely N-dealkylation sites (tertiary alicyclic amines) is 1. The summed E-state index contributed by atoms with van der Waals surface area (Å²) < 4.78 is 15.8. The fourth-order valence-corrected chi connectivity index (χ4v) is 3.48. The summed E-state index contributed by atoms with van der Waals surface area (Å²) in [6, 6.07) is 7.86. The standard InChI is InChI=1S/C21H19NO7/c1-12-17(23)5-4-16-14(8-19(25)29-20(12)16)11-28-21(26)13-7-18(24)22(9-13)10-15-3-2-6-27-15/h2-6,8,13,23H,7,9-11H2,1H3/t13-/m1/s1. The molecule has 0 saturated carbocycles. The van der Waals surface area contributed by atoms with Crippen molar-refractivity contribution in [1.29, 1.82) is 0 Å². The van der Waals surface area contributed by atoms with Gasteiger partial charge in [0, 0.05) is 35.5 Å². The van der Waals surface area contributed by atoms with Crippen LogP contribution in [-0.2, 0) is 27.5 Å². The molecule has 0 spiro atoms. The largest absolute Gasteiger partial charge is 0.508 e. The number of phenols is 1. The number of esters is 1. The Morgan fingerprint density at radius 2 is 2.14 bits per heavy atom. The number of hydrogen-bond donors (Lipinski definition) is 1. The number of furan rings is 1. The molecule has 0 radical (unpaired) electrons. The second kappa shape index (κ2) is 7.46. The first-order chi connectivity index (χ1) is 13.9. The summed E-state index contributed by atoms with van der Waals surface area (Å²) in [6.45, 7) is 2.06. The van der Waals surface area contributed by atoms with E-state index < -0.39 is 17.5 Å². The Morgan fingerprint density at radius 3 is 2.90 bits per heavy atom. The molecule has 0 bridgehead atoms. The molecule has 3 aromatic rings. The maximum atomic E-state index is 12.5. The van der Waals surface area contributed by atoms with Gasteiger partial charge in [-0.05, 0) is 31.2 Å². The molecule has 1 saturated heterocycles. The topological polar surface area (TPSA) is 110 Å². The summed E-state index contributed by atoms with van der Waals surface area (Å²) in [5.41, 5.74) is 0.564. The molecule has 8 heteroatoms. The molecular formula is C21H19NO7. The lowest BCUT2D eigenvalue weighted by molar-refractivity contribution is -0.149. The van der Waals surface area contributed by atoms with Crippen LogP contribution in [0.4, 0.5) is 0 Å². The van der Waals surface area contributed by atoms with E-state index in [9.17, 15) is 19.5 Å². The van der Waals surface area contributed by atoms with E-state index in [1.54, 1.807) is 30.0 Å². The molecule has 8 nitrogen and oxygen atoms in total. The number of amides is 1. The van der Waals surface area contributed by atoms with Crippen LogP contribution in [0.1, 0.15) is 23.3 Å². The van der Waals surface area contributed by atoms with Crippen molar-refractivity contribution >= 4 is 22.8 Å². The number of aromatic hydroxyl groups is 1. The van der Waals surface area contributed by atoms with Gasteiger partial charge in [0.05, 0.1) is 18.7 Å². The first kappa shape index (κ1) is 18.8. The minimum absolute atomic E-state index is 0.0101. The minimum Gasteiger partial charge on any atom is -0.508 e. The highest BCUT2D eigenvalue weighted by molar-refractivity contribution is 5.87. The number of hydrogen-bond acceptors (Lipinski definition) is 7. The van der Waals surface area contributed by atoms with Crippen LogP contribution in [0.2, 0.25) is 0 Å². The van der Waals surface area contributed by atoms with Crippen LogP contribution in [0.15, 0.2) is 50.2 Å². The van der Waals surface area contributed by atoms with Crippen LogP contribution in [0.5, 0.6) is 5.75 Å². The van der Waals surface area contributed by atoms with E-state index in [0.717, 1.165) is 0 Å². The van der Waals surface area contributed by atoms with Gasteiger partial charge in [-0.1, -0.05) is 0 Å². The Bertz CT molecular complexity index is 1130. The maximum Gasteiger partial charge on any atom is 0.336 e. The fraction of sp³-hybridized carbons (Fsp3) is 0.286. The van der Waals surface area contributed by atoms with Crippen molar-refractivity contribution in [2.45, 2.75) is 26.5 Å². The summed E-state index contributed by atoms with van der Waals surface area (Å²) >= 11 is 0. The average Bonchev–Trinajstić information content (AvgIpc) is 3.33. The van der Waals surface area contributed by atoms with Crippen LogP contribution >= 0.6 is 0 Å². The SMILES string of the molecule is Cc1c(O)ccc2c(COC(=O)[C@@H]3CC(=O)N(Cc4ccco4)C3)cc(=O)oc12. The van der Waals surface area contributed by atoms with Crippen LogP contribution in [0.25, 0.3) is 11.0 Å². The number of fused-ring (bicyclic) bond motifs is 1. The predicted molar refractivity (Wildman–Crippen MR) is 101 cm³/mol. The van der Waals surface area contributed by atoms with E-state index in [1.165, 1.54) is 18.4 Å². The molecule has 1 fully saturated rings. The monoisotopic (exact) mass is 397 g/mol. The summed E-state index contributed by atoms with van der Waals surface area (Å²) in [5, 5.41) is 10.4. The predicted octanol–water partition coefficient (Wildman–Crippen LogP) is 2.49. The third-order valence-electron chi connectivity index (χ3n) is 5.06. The van der Waals surface area contributed by atoms with Gasteiger partial charge in [0.1, 0.15) is 23.7 Å². The summed E-state index contributed by atoms with van der Waals surface area (Å²) in [6.07, 6.45) is 1.61. The van der Waals surface area contributed by atoms with Crippen molar-refractivity contribution in [2.75, 3.05) is 6.54 Å². The van der Waals surface area contributed by atoms with Crippen LogP contribution in [0.3, 0.4) is 0 Å². The highest BCUT2D eigenvalue weighted by Gasteiger charge is 2.35. The van der Waals surface area contributed by atoms with Gasteiger partial charge in [-0.15, -0.1) is 0 Å². The van der Waals surface area contributed by atoms with E-state index in [-0.39, 0.29) is 36.8 Å². The zero-order valence-corrected chi connectivity index (χ0v) is 15.7. The third kappa shape index (κ3) is 3.73. The van der Waals surface area contributed by atoms with E-state index in [2.05, 4.69) is 0 Å². The van der Waals surface area contributed by atoms with Gasteiger partial charge >= 0.3 is 11.6 Å². The third-order valence-corrected chi connectivity index (χ3v) is 5.06. The van der Waals surface area contributed by atoms with Gasteiger partial charge in [0.15, 0.2) is 0 Å². The molecule has 1 aliphatic heterocycles. The van der Waals surface area contributed by atoms with Gasteiger partial charge in [-0.2, -0.15) is 0 Å². The van der Waals surface area contributed by atoms with Crippen molar-refractivity contribution in [2.24, 2.45) is 5.92 Å². The lowest BCUT2D eigenvalue weighted by Gasteiger charge is -2.15. The Morgan fingerprint density at radius 1 is 1.31 bits per heavy atom. The van der Waals surface area contributed by atoms with Crippen molar-refractivity contribution in [3.8, 4) is 5.75 Å². The first-order valence-electron chi connectivity index (χ1n) is 9.14. The zero-order valence-electron chi connectivity index (χ0n) is 15.7. The highest BCUT2D eigenvalue weighted by Crippen LogP contribution is 2.28. The quantitative estimate of drug-likeness (QED) is 0.520. The van der Waals surface area contributed by atoms with E-state index >= 15 is 0 Å². The normalized spacial score (nSPS) is 16.5. The van der Waals surface area contributed by atoms with Gasteiger partial charge in [-0.3, -0.25) is 9.59 Å². The van der Waals surface area contributed by atoms with Crippen LogP contribution < -0.4 is 5.63 Å². The fourth-order valence-electron chi connectivity index (χ4n) is 3.48. The molecule has 29 heavy (non-hydrogen) atoms. The first-order valence-corrected chi connectivity index (χ1v) is 9.14. The molecule has 0 aliphatic carbocycles. The maximum absolute atomic E-state index is 12.5. The van der Waals surface area contributed by atoms with Crippen molar-refractivity contribution in [3.05, 3.63) is 63.9 Å². The molecule has 4 rings (SSSR count). The van der Waals surface area contributed by atoms with E-state index in [0.29, 0.717) is 28.8 Å². The number of benzene rings is 1. The Kier molecular flexibility index (Phi) is 4.84.